The lowest BCUT2D eigenvalue weighted by Crippen LogP contribution is -2.45. The molecule has 0 spiro atoms. The molecule has 112 valence electrons. The Hall–Kier alpha value is -1.24. The fraction of sp³-hybridized carbons (Fsp3) is 0.467. The number of aliphatic hydroxyl groups excluding tert-OH is 1. The molecule has 4 nitrogen and oxygen atoms in total. The Bertz CT molecular complexity index is 618. The van der Waals surface area contributed by atoms with Crippen molar-refractivity contribution in [1.82, 2.24) is 9.88 Å². The summed E-state index contributed by atoms with van der Waals surface area (Å²) in [5, 5.41) is 14.2. The first-order valence-electron chi connectivity index (χ1n) is 7.12. The molecule has 2 aromatic rings. The molecule has 21 heavy (non-hydrogen) atoms. The van der Waals surface area contributed by atoms with Gasteiger partial charge >= 0.3 is 0 Å². The van der Waals surface area contributed by atoms with Crippen LogP contribution in [0, 0.1) is 6.92 Å². The van der Waals surface area contributed by atoms with Crippen LogP contribution in [0.25, 0.3) is 10.6 Å². The van der Waals surface area contributed by atoms with Crippen LogP contribution in [-0.2, 0) is 0 Å². The molecule has 0 aliphatic heterocycles. The number of aliphatic hydroxyl groups is 1. The van der Waals surface area contributed by atoms with Crippen molar-refractivity contribution in [1.29, 1.82) is 0 Å². The molecule has 0 aromatic carbocycles. The predicted molar refractivity (Wildman–Crippen MR) is 85.9 cm³/mol. The average molecular weight is 322 g/mol. The molecule has 2 aromatic heterocycles. The largest absolute Gasteiger partial charge is 0.395 e. The van der Waals surface area contributed by atoms with Crippen molar-refractivity contribution in [2.45, 2.75) is 32.2 Å². The van der Waals surface area contributed by atoms with Crippen molar-refractivity contribution < 1.29 is 9.90 Å². The molecule has 0 bridgehead atoms. The number of amides is 1. The van der Waals surface area contributed by atoms with Gasteiger partial charge in [0, 0.05) is 23.5 Å². The van der Waals surface area contributed by atoms with E-state index in [1.54, 1.807) is 11.3 Å². The van der Waals surface area contributed by atoms with Crippen molar-refractivity contribution in [2.24, 2.45) is 0 Å². The first-order chi connectivity index (χ1) is 10.2. The van der Waals surface area contributed by atoms with Gasteiger partial charge in [0.25, 0.3) is 5.91 Å². The number of aromatic nitrogens is 1. The Morgan fingerprint density at radius 3 is 2.90 bits per heavy atom. The summed E-state index contributed by atoms with van der Waals surface area (Å²) in [6.07, 6.45) is 3.25. The van der Waals surface area contributed by atoms with E-state index in [1.807, 2.05) is 28.7 Å². The van der Waals surface area contributed by atoms with Crippen molar-refractivity contribution in [3.05, 3.63) is 27.4 Å². The van der Waals surface area contributed by atoms with Gasteiger partial charge in [-0.05, 0) is 37.6 Å². The van der Waals surface area contributed by atoms with Crippen LogP contribution in [0.3, 0.4) is 0 Å². The summed E-state index contributed by atoms with van der Waals surface area (Å²) in [4.78, 5) is 19.8. The monoisotopic (exact) mass is 322 g/mol. The van der Waals surface area contributed by atoms with Crippen LogP contribution in [0.15, 0.2) is 16.8 Å². The van der Waals surface area contributed by atoms with Crippen LogP contribution in [0.4, 0.5) is 0 Å². The van der Waals surface area contributed by atoms with Gasteiger partial charge in [-0.25, -0.2) is 4.98 Å². The number of thiophene rings is 1. The molecule has 1 aliphatic rings. The number of carbonyl (C=O) groups is 1. The molecule has 6 heteroatoms. The Balaban J connectivity index is 1.86. The third-order valence-electron chi connectivity index (χ3n) is 3.88. The molecule has 1 amide bonds. The molecule has 2 heterocycles. The second kappa shape index (κ2) is 6.25. The van der Waals surface area contributed by atoms with Gasteiger partial charge in [0.15, 0.2) is 0 Å². The van der Waals surface area contributed by atoms with E-state index in [-0.39, 0.29) is 18.6 Å². The number of nitrogens with zero attached hydrogens (tertiary/aromatic N) is 2. The fourth-order valence-electron chi connectivity index (χ4n) is 2.49. The van der Waals surface area contributed by atoms with Gasteiger partial charge in [0.1, 0.15) is 9.88 Å². The van der Waals surface area contributed by atoms with Gasteiger partial charge in [-0.1, -0.05) is 0 Å². The zero-order chi connectivity index (χ0) is 14.8. The molecule has 1 saturated carbocycles. The maximum absolute atomic E-state index is 12.8. The molecule has 0 atom stereocenters. The van der Waals surface area contributed by atoms with Gasteiger partial charge < -0.3 is 10.0 Å². The number of thiazole rings is 1. The second-order valence-electron chi connectivity index (χ2n) is 5.25. The quantitative estimate of drug-likeness (QED) is 0.920. The first-order valence-corrected chi connectivity index (χ1v) is 8.88. The van der Waals surface area contributed by atoms with Crippen LogP contribution >= 0.6 is 22.7 Å². The van der Waals surface area contributed by atoms with E-state index in [0.717, 1.165) is 29.1 Å². The smallest absolute Gasteiger partial charge is 0.266 e. The topological polar surface area (TPSA) is 53.4 Å². The van der Waals surface area contributed by atoms with E-state index in [1.165, 1.54) is 17.8 Å². The van der Waals surface area contributed by atoms with Crippen LogP contribution in [0.5, 0.6) is 0 Å². The lowest BCUT2D eigenvalue weighted by Gasteiger charge is -2.37. The Labute approximate surface area is 132 Å². The van der Waals surface area contributed by atoms with Gasteiger partial charge in [0.2, 0.25) is 0 Å². The SMILES string of the molecule is Cc1nc(-c2ccsc2)sc1C(=O)N(CCO)C1CCC1. The minimum absolute atomic E-state index is 0.0114. The van der Waals surface area contributed by atoms with Gasteiger partial charge in [0.05, 0.1) is 12.3 Å². The highest BCUT2D eigenvalue weighted by atomic mass is 32.1. The zero-order valence-corrected chi connectivity index (χ0v) is 13.5. The van der Waals surface area contributed by atoms with Crippen LogP contribution in [0.2, 0.25) is 0 Å². The van der Waals surface area contributed by atoms with Crippen molar-refractivity contribution >= 4 is 28.6 Å². The number of rotatable bonds is 5. The van der Waals surface area contributed by atoms with E-state index in [9.17, 15) is 9.90 Å². The molecule has 1 fully saturated rings. The summed E-state index contributed by atoms with van der Waals surface area (Å²) in [7, 11) is 0. The van der Waals surface area contributed by atoms with Crippen LogP contribution < -0.4 is 0 Å². The summed E-state index contributed by atoms with van der Waals surface area (Å²) in [5.74, 6) is 0.0187. The maximum Gasteiger partial charge on any atom is 0.266 e. The molecule has 0 saturated heterocycles. The number of aryl methyl sites for hydroxylation is 1. The van der Waals surface area contributed by atoms with E-state index in [2.05, 4.69) is 4.98 Å². The molecule has 3 rings (SSSR count). The van der Waals surface area contributed by atoms with E-state index < -0.39 is 0 Å². The third kappa shape index (κ3) is 2.88. The fourth-order valence-corrected chi connectivity index (χ4v) is 4.22. The van der Waals surface area contributed by atoms with E-state index in [0.29, 0.717) is 11.4 Å². The zero-order valence-electron chi connectivity index (χ0n) is 11.9. The van der Waals surface area contributed by atoms with Gasteiger partial charge in [-0.3, -0.25) is 4.79 Å². The van der Waals surface area contributed by atoms with Crippen LogP contribution in [0.1, 0.15) is 34.6 Å². The molecular formula is C15H18N2O2S2. The van der Waals surface area contributed by atoms with Crippen LogP contribution in [-0.4, -0.2) is 40.1 Å². The van der Waals surface area contributed by atoms with E-state index in [4.69, 9.17) is 0 Å². The first kappa shape index (κ1) is 14.7. The summed E-state index contributed by atoms with van der Waals surface area (Å²) in [5.41, 5.74) is 1.86. The Morgan fingerprint density at radius 1 is 1.52 bits per heavy atom. The van der Waals surface area contributed by atoms with Gasteiger partial charge in [-0.15, -0.1) is 11.3 Å². The van der Waals surface area contributed by atoms with E-state index >= 15 is 0 Å². The summed E-state index contributed by atoms with van der Waals surface area (Å²) in [6, 6.07) is 2.31. The lowest BCUT2D eigenvalue weighted by atomic mass is 9.91. The Morgan fingerprint density at radius 2 is 2.33 bits per heavy atom. The highest BCUT2D eigenvalue weighted by Gasteiger charge is 2.31. The number of carbonyl (C=O) groups excluding carboxylic acids is 1. The molecule has 1 N–H and O–H groups in total. The predicted octanol–water partition coefficient (Wildman–Crippen LogP) is 3.17. The van der Waals surface area contributed by atoms with Crippen molar-refractivity contribution in [3.8, 4) is 10.6 Å². The molecule has 1 aliphatic carbocycles. The normalized spacial score (nSPS) is 15.0. The minimum atomic E-state index is 0.0114. The number of hydrogen-bond donors (Lipinski definition) is 1. The third-order valence-corrected chi connectivity index (χ3v) is 5.75. The average Bonchev–Trinajstić information content (AvgIpc) is 3.04. The Kier molecular flexibility index (Phi) is 4.37. The molecule has 0 unspecified atom stereocenters. The molecule has 0 radical (unpaired) electrons. The summed E-state index contributed by atoms with van der Waals surface area (Å²) in [6.45, 7) is 2.31. The van der Waals surface area contributed by atoms with Crippen molar-refractivity contribution in [3.63, 3.8) is 0 Å². The summed E-state index contributed by atoms with van der Waals surface area (Å²) >= 11 is 3.08. The lowest BCUT2D eigenvalue weighted by molar-refractivity contribution is 0.0529. The minimum Gasteiger partial charge on any atom is -0.395 e. The molecular weight excluding hydrogens is 304 g/mol. The van der Waals surface area contributed by atoms with Gasteiger partial charge in [-0.2, -0.15) is 11.3 Å². The highest BCUT2D eigenvalue weighted by molar-refractivity contribution is 7.17. The van der Waals surface area contributed by atoms with Crippen molar-refractivity contribution in [2.75, 3.05) is 13.2 Å². The highest BCUT2D eigenvalue weighted by Crippen LogP contribution is 2.32. The maximum atomic E-state index is 12.8. The summed E-state index contributed by atoms with van der Waals surface area (Å²) < 4.78 is 0. The second-order valence-corrected chi connectivity index (χ2v) is 7.03. The number of hydrogen-bond acceptors (Lipinski definition) is 5. The standard InChI is InChI=1S/C15H18N2O2S2/c1-10-13(21-14(16-10)11-5-8-20-9-11)15(19)17(6-7-18)12-3-2-4-12/h5,8-9,12,18H,2-4,6-7H2,1H3.